The Kier molecular flexibility index (Phi) is 5.00. The molecule has 1 heterocycles. The van der Waals surface area contributed by atoms with Crippen molar-refractivity contribution in [2.24, 2.45) is 0 Å². The fraction of sp³-hybridized carbons (Fsp3) is 0.188. The molecule has 0 bridgehead atoms. The summed E-state index contributed by atoms with van der Waals surface area (Å²) in [6.07, 6.45) is 0. The fourth-order valence-corrected chi connectivity index (χ4v) is 1.91. The van der Waals surface area contributed by atoms with Crippen LogP contribution in [0, 0.1) is 11.3 Å². The van der Waals surface area contributed by atoms with E-state index in [1.807, 2.05) is 6.07 Å². The Bertz CT molecular complexity index is 751. The summed E-state index contributed by atoms with van der Waals surface area (Å²) in [6.45, 7) is 2.17. The third kappa shape index (κ3) is 3.68. The quantitative estimate of drug-likeness (QED) is 0.816. The molecule has 118 valence electrons. The number of benzene rings is 1. The molecule has 3 N–H and O–H groups in total. The first-order valence-electron chi connectivity index (χ1n) is 6.87. The number of nitrogen functional groups attached to an aromatic ring is 1. The van der Waals surface area contributed by atoms with E-state index in [1.165, 1.54) is 7.11 Å². The van der Waals surface area contributed by atoms with Gasteiger partial charge in [0.05, 0.1) is 25.0 Å². The maximum Gasteiger partial charge on any atom is 0.337 e. The van der Waals surface area contributed by atoms with Crippen molar-refractivity contribution in [3.63, 3.8) is 0 Å². The van der Waals surface area contributed by atoms with Crippen LogP contribution >= 0.6 is 0 Å². The van der Waals surface area contributed by atoms with Crippen molar-refractivity contribution < 1.29 is 14.3 Å². The lowest BCUT2D eigenvalue weighted by atomic mass is 10.2. The van der Waals surface area contributed by atoms with Crippen LogP contribution < -0.4 is 15.8 Å². The van der Waals surface area contributed by atoms with Gasteiger partial charge in [-0.25, -0.2) is 4.79 Å². The topological polar surface area (TPSA) is 110 Å². The molecule has 1 aromatic carbocycles. The largest absolute Gasteiger partial charge is 0.477 e. The number of nitrogens with two attached hydrogens (primary N) is 1. The molecule has 7 heteroatoms. The fourth-order valence-electron chi connectivity index (χ4n) is 1.91. The predicted octanol–water partition coefficient (Wildman–Crippen LogP) is 2.46. The molecule has 0 aliphatic carbocycles. The molecule has 0 aliphatic heterocycles. The Balaban J connectivity index is 2.26. The molecular formula is C16H16N4O3. The Hall–Kier alpha value is -3.27. The number of anilines is 3. The van der Waals surface area contributed by atoms with E-state index in [9.17, 15) is 4.79 Å². The monoisotopic (exact) mass is 312 g/mol. The standard InChI is InChI=1S/C16H16N4O3/c1-3-23-15-12(9-17)13(18)8-14(20-15)19-11-6-4-10(5-7-11)16(21)22-2/h4-8H,3H2,1-2H3,(H3,18,19,20). The highest BCUT2D eigenvalue weighted by atomic mass is 16.5. The molecule has 0 atom stereocenters. The van der Waals surface area contributed by atoms with Crippen molar-refractivity contribution in [1.29, 1.82) is 5.26 Å². The minimum absolute atomic E-state index is 0.184. The van der Waals surface area contributed by atoms with Gasteiger partial charge in [-0.15, -0.1) is 0 Å². The second-order valence-electron chi connectivity index (χ2n) is 4.52. The summed E-state index contributed by atoms with van der Waals surface area (Å²) in [5.74, 6) is 0.218. The van der Waals surface area contributed by atoms with Crippen LogP contribution in [-0.4, -0.2) is 24.7 Å². The van der Waals surface area contributed by atoms with Crippen LogP contribution in [0.2, 0.25) is 0 Å². The maximum absolute atomic E-state index is 11.4. The smallest absolute Gasteiger partial charge is 0.337 e. The van der Waals surface area contributed by atoms with E-state index >= 15 is 0 Å². The number of nitriles is 1. The average molecular weight is 312 g/mol. The molecule has 7 nitrogen and oxygen atoms in total. The lowest BCUT2D eigenvalue weighted by Gasteiger charge is -2.11. The molecule has 0 radical (unpaired) electrons. The van der Waals surface area contributed by atoms with E-state index in [0.29, 0.717) is 23.7 Å². The van der Waals surface area contributed by atoms with Crippen LogP contribution in [0.4, 0.5) is 17.2 Å². The van der Waals surface area contributed by atoms with Gasteiger partial charge in [-0.1, -0.05) is 0 Å². The zero-order valence-corrected chi connectivity index (χ0v) is 12.8. The Labute approximate surface area is 133 Å². The van der Waals surface area contributed by atoms with E-state index < -0.39 is 5.97 Å². The minimum Gasteiger partial charge on any atom is -0.477 e. The van der Waals surface area contributed by atoms with Crippen LogP contribution in [0.5, 0.6) is 5.88 Å². The Morgan fingerprint density at radius 3 is 2.65 bits per heavy atom. The number of methoxy groups -OCH3 is 1. The molecule has 0 aliphatic rings. The number of pyridine rings is 1. The van der Waals surface area contributed by atoms with E-state index in [0.717, 1.165) is 0 Å². The van der Waals surface area contributed by atoms with Crippen molar-refractivity contribution in [3.05, 3.63) is 41.5 Å². The molecule has 2 rings (SSSR count). The molecule has 0 saturated heterocycles. The van der Waals surface area contributed by atoms with Crippen LogP contribution in [0.15, 0.2) is 30.3 Å². The number of rotatable bonds is 5. The van der Waals surface area contributed by atoms with E-state index in [-0.39, 0.29) is 17.1 Å². The lowest BCUT2D eigenvalue weighted by molar-refractivity contribution is 0.0601. The van der Waals surface area contributed by atoms with Crippen LogP contribution in [0.3, 0.4) is 0 Å². The van der Waals surface area contributed by atoms with E-state index in [4.69, 9.17) is 15.7 Å². The molecule has 23 heavy (non-hydrogen) atoms. The molecule has 0 unspecified atom stereocenters. The second-order valence-corrected chi connectivity index (χ2v) is 4.52. The highest BCUT2D eigenvalue weighted by Crippen LogP contribution is 2.27. The molecule has 2 aromatic rings. The summed E-state index contributed by atoms with van der Waals surface area (Å²) in [7, 11) is 1.33. The van der Waals surface area contributed by atoms with Crippen molar-refractivity contribution in [2.45, 2.75) is 6.92 Å². The Morgan fingerprint density at radius 2 is 2.09 bits per heavy atom. The normalized spacial score (nSPS) is 9.78. The third-order valence-electron chi connectivity index (χ3n) is 2.99. The van der Waals surface area contributed by atoms with Gasteiger partial charge >= 0.3 is 5.97 Å². The molecule has 1 aromatic heterocycles. The van der Waals surface area contributed by atoms with Gasteiger partial charge < -0.3 is 20.5 Å². The highest BCUT2D eigenvalue weighted by Gasteiger charge is 2.12. The predicted molar refractivity (Wildman–Crippen MR) is 85.6 cm³/mol. The van der Waals surface area contributed by atoms with Gasteiger partial charge in [-0.3, -0.25) is 0 Å². The number of nitrogens with zero attached hydrogens (tertiary/aromatic N) is 2. The van der Waals surface area contributed by atoms with Crippen LogP contribution in [0.1, 0.15) is 22.8 Å². The number of carbonyl (C=O) groups is 1. The molecule has 0 saturated carbocycles. The summed E-state index contributed by atoms with van der Waals surface area (Å²) in [6, 6.07) is 10.2. The second kappa shape index (κ2) is 7.13. The van der Waals surface area contributed by atoms with Crippen LogP contribution in [0.25, 0.3) is 0 Å². The molecular weight excluding hydrogens is 296 g/mol. The van der Waals surface area contributed by atoms with E-state index in [1.54, 1.807) is 37.3 Å². The first-order valence-corrected chi connectivity index (χ1v) is 6.87. The number of hydrogen-bond acceptors (Lipinski definition) is 7. The van der Waals surface area contributed by atoms with Crippen molar-refractivity contribution in [1.82, 2.24) is 4.98 Å². The van der Waals surface area contributed by atoms with Gasteiger partial charge in [-0.05, 0) is 31.2 Å². The van der Waals surface area contributed by atoms with Crippen molar-refractivity contribution in [2.75, 3.05) is 24.8 Å². The Morgan fingerprint density at radius 1 is 1.39 bits per heavy atom. The van der Waals surface area contributed by atoms with Gasteiger partial charge in [0.25, 0.3) is 0 Å². The number of ether oxygens (including phenoxy) is 2. The van der Waals surface area contributed by atoms with Gasteiger partial charge in [0.15, 0.2) is 0 Å². The minimum atomic E-state index is -0.407. The van der Waals surface area contributed by atoms with Gasteiger partial charge in [0, 0.05) is 11.8 Å². The first kappa shape index (κ1) is 16.1. The first-order chi connectivity index (χ1) is 11.1. The molecule has 0 spiro atoms. The number of esters is 1. The summed E-state index contributed by atoms with van der Waals surface area (Å²) in [5, 5.41) is 12.1. The summed E-state index contributed by atoms with van der Waals surface area (Å²) in [5.41, 5.74) is 7.49. The van der Waals surface area contributed by atoms with Crippen LogP contribution in [-0.2, 0) is 4.74 Å². The molecule has 0 fully saturated rings. The van der Waals surface area contributed by atoms with Gasteiger partial charge in [0.1, 0.15) is 17.5 Å². The zero-order valence-electron chi connectivity index (χ0n) is 12.8. The third-order valence-corrected chi connectivity index (χ3v) is 2.99. The van der Waals surface area contributed by atoms with Crippen molar-refractivity contribution in [3.8, 4) is 11.9 Å². The number of aromatic nitrogens is 1. The summed E-state index contributed by atoms with van der Waals surface area (Å²) >= 11 is 0. The SMILES string of the molecule is CCOc1nc(Nc2ccc(C(=O)OC)cc2)cc(N)c1C#N. The maximum atomic E-state index is 11.4. The number of carbonyl (C=O) groups excluding carboxylic acids is 1. The van der Waals surface area contributed by atoms with E-state index in [2.05, 4.69) is 15.0 Å². The highest BCUT2D eigenvalue weighted by molar-refractivity contribution is 5.89. The summed E-state index contributed by atoms with van der Waals surface area (Å²) in [4.78, 5) is 15.6. The zero-order chi connectivity index (χ0) is 16.8. The average Bonchev–Trinajstić information content (AvgIpc) is 2.55. The molecule has 0 amide bonds. The van der Waals surface area contributed by atoms with Crippen molar-refractivity contribution >= 4 is 23.2 Å². The number of hydrogen-bond donors (Lipinski definition) is 2. The van der Waals surface area contributed by atoms with Gasteiger partial charge in [-0.2, -0.15) is 10.2 Å². The lowest BCUT2D eigenvalue weighted by Crippen LogP contribution is -2.04. The van der Waals surface area contributed by atoms with Gasteiger partial charge in [0.2, 0.25) is 5.88 Å². The summed E-state index contributed by atoms with van der Waals surface area (Å²) < 4.78 is 9.98. The number of nitrogens with one attached hydrogen (secondary N) is 1.